The highest BCUT2D eigenvalue weighted by Gasteiger charge is 2.72. The molecule has 1 aliphatic heterocycles. The summed E-state index contributed by atoms with van der Waals surface area (Å²) in [4.78, 5) is 26.0. The Labute approximate surface area is 243 Å². The summed E-state index contributed by atoms with van der Waals surface area (Å²) in [5.41, 5.74) is 1.34. The standard InChI is InChI=1S/C35H56N2O3/c1-21(2)22-12-17-35(30(39)40)19-18-33(6)23(28(22)35)10-11-26-32(5)15-14-27(37-29(38)24-9-8-20-36-24)31(3,4)25(32)13-16-34(26,33)7/h22-28,36H,1,8-20H2,2-7H3,(H,37,38)(H,39,40)/t22-,23+,24?,25-,26+,27-,28+,32-,33+,34+,35-/m0/s1. The Hall–Kier alpha value is -1.36. The van der Waals surface area contributed by atoms with Crippen LogP contribution in [0.5, 0.6) is 0 Å². The van der Waals surface area contributed by atoms with Gasteiger partial charge in [-0.2, -0.15) is 0 Å². The summed E-state index contributed by atoms with van der Waals surface area (Å²) < 4.78 is 0. The molecule has 1 amide bonds. The number of nitrogens with one attached hydrogen (secondary N) is 2. The monoisotopic (exact) mass is 552 g/mol. The summed E-state index contributed by atoms with van der Waals surface area (Å²) in [6.45, 7) is 20.2. The molecule has 1 unspecified atom stereocenters. The lowest BCUT2D eigenvalue weighted by Crippen LogP contribution is -2.68. The Morgan fingerprint density at radius 3 is 2.25 bits per heavy atom. The summed E-state index contributed by atoms with van der Waals surface area (Å²) in [6, 6.07) is 0.217. The van der Waals surface area contributed by atoms with E-state index in [9.17, 15) is 14.7 Å². The highest BCUT2D eigenvalue weighted by atomic mass is 16.4. The predicted molar refractivity (Wildman–Crippen MR) is 160 cm³/mol. The summed E-state index contributed by atoms with van der Waals surface area (Å²) in [5.74, 6) is 1.95. The number of carboxylic acids is 1. The van der Waals surface area contributed by atoms with Crippen LogP contribution in [-0.2, 0) is 9.59 Å². The predicted octanol–water partition coefficient (Wildman–Crippen LogP) is 6.97. The van der Waals surface area contributed by atoms with Gasteiger partial charge in [0.2, 0.25) is 5.91 Å². The van der Waals surface area contributed by atoms with Gasteiger partial charge in [-0.25, -0.2) is 0 Å². The normalized spacial score (nSPS) is 51.1. The summed E-state index contributed by atoms with van der Waals surface area (Å²) in [5, 5.41) is 17.5. The molecule has 0 aromatic heterocycles. The molecule has 1 saturated heterocycles. The SMILES string of the molecule is C=C(C)[C@@H]1CC[C@]2(C(=O)O)CC[C@]3(C)[C@H](CC[C@@H]4[C@@]5(C)CC[C@H](NC(=O)C6CCCN6)C(C)(C)[C@@H]5CC[C@]43C)[C@@H]12. The van der Waals surface area contributed by atoms with E-state index in [0.717, 1.165) is 57.9 Å². The first kappa shape index (κ1) is 28.7. The van der Waals surface area contributed by atoms with Crippen molar-refractivity contribution in [1.29, 1.82) is 0 Å². The molecular weight excluding hydrogens is 496 g/mol. The largest absolute Gasteiger partial charge is 0.481 e. The van der Waals surface area contributed by atoms with E-state index >= 15 is 0 Å². The topological polar surface area (TPSA) is 78.4 Å². The van der Waals surface area contributed by atoms with Gasteiger partial charge in [0.05, 0.1) is 11.5 Å². The van der Waals surface area contributed by atoms with E-state index in [-0.39, 0.29) is 45.6 Å². The second-order valence-corrected chi connectivity index (χ2v) is 16.7. The number of rotatable bonds is 4. The van der Waals surface area contributed by atoms with Crippen molar-refractivity contribution in [2.45, 2.75) is 131 Å². The molecule has 5 heteroatoms. The molecule has 3 N–H and O–H groups in total. The van der Waals surface area contributed by atoms with Gasteiger partial charge < -0.3 is 15.7 Å². The van der Waals surface area contributed by atoms with E-state index in [1.807, 2.05) is 0 Å². The number of carbonyl (C=O) groups is 2. The summed E-state index contributed by atoms with van der Waals surface area (Å²) in [6.07, 6.45) is 12.8. The van der Waals surface area contributed by atoms with Gasteiger partial charge in [-0.3, -0.25) is 9.59 Å². The highest BCUT2D eigenvalue weighted by Crippen LogP contribution is 2.77. The maximum atomic E-state index is 13.1. The third-order valence-electron chi connectivity index (χ3n) is 15.2. The van der Waals surface area contributed by atoms with Gasteiger partial charge in [-0.15, -0.1) is 0 Å². The second-order valence-electron chi connectivity index (χ2n) is 16.7. The average Bonchev–Trinajstić information content (AvgIpc) is 3.55. The Kier molecular flexibility index (Phi) is 6.70. The number of carboxylic acid groups (broad SMARTS) is 1. The minimum Gasteiger partial charge on any atom is -0.481 e. The van der Waals surface area contributed by atoms with Crippen molar-refractivity contribution in [1.82, 2.24) is 10.6 Å². The highest BCUT2D eigenvalue weighted by molar-refractivity contribution is 5.82. The molecule has 224 valence electrons. The van der Waals surface area contributed by atoms with Gasteiger partial charge in [0, 0.05) is 6.04 Å². The molecule has 5 saturated carbocycles. The summed E-state index contributed by atoms with van der Waals surface area (Å²) in [7, 11) is 0. The minimum atomic E-state index is -0.551. The smallest absolute Gasteiger partial charge is 0.309 e. The van der Waals surface area contributed by atoms with Crippen LogP contribution in [0, 0.1) is 56.7 Å². The lowest BCUT2D eigenvalue weighted by molar-refractivity contribution is -0.240. The number of aliphatic carboxylic acids is 1. The molecule has 6 rings (SSSR count). The van der Waals surface area contributed by atoms with Gasteiger partial charge in [-0.1, -0.05) is 46.8 Å². The van der Waals surface area contributed by atoms with Crippen LogP contribution in [0.15, 0.2) is 12.2 Å². The zero-order valence-corrected chi connectivity index (χ0v) is 26.2. The number of amides is 1. The van der Waals surface area contributed by atoms with Gasteiger partial charge in [0.1, 0.15) is 0 Å². The lowest BCUT2D eigenvalue weighted by atomic mass is 9.32. The third kappa shape index (κ3) is 3.67. The quantitative estimate of drug-likeness (QED) is 0.329. The maximum Gasteiger partial charge on any atom is 0.309 e. The Morgan fingerprint density at radius 2 is 1.60 bits per heavy atom. The van der Waals surface area contributed by atoms with Crippen molar-refractivity contribution >= 4 is 11.9 Å². The summed E-state index contributed by atoms with van der Waals surface area (Å²) >= 11 is 0. The zero-order valence-electron chi connectivity index (χ0n) is 26.2. The van der Waals surface area contributed by atoms with Crippen LogP contribution >= 0.6 is 0 Å². The molecule has 5 aliphatic carbocycles. The van der Waals surface area contributed by atoms with E-state index < -0.39 is 11.4 Å². The molecule has 6 fully saturated rings. The Balaban J connectivity index is 1.29. The van der Waals surface area contributed by atoms with E-state index in [1.54, 1.807) is 0 Å². The fourth-order valence-corrected chi connectivity index (χ4v) is 13.0. The Bertz CT molecular complexity index is 1080. The van der Waals surface area contributed by atoms with Crippen LogP contribution in [0.2, 0.25) is 0 Å². The fraction of sp³-hybridized carbons (Fsp3) is 0.886. The van der Waals surface area contributed by atoms with Crippen LogP contribution in [0.4, 0.5) is 0 Å². The molecule has 5 nitrogen and oxygen atoms in total. The van der Waals surface area contributed by atoms with Crippen molar-refractivity contribution in [2.75, 3.05) is 6.54 Å². The van der Waals surface area contributed by atoms with Gasteiger partial charge in [-0.05, 0) is 142 Å². The van der Waals surface area contributed by atoms with Crippen LogP contribution in [0.3, 0.4) is 0 Å². The molecular formula is C35H56N2O3. The van der Waals surface area contributed by atoms with Crippen molar-refractivity contribution in [2.24, 2.45) is 56.7 Å². The number of hydrogen-bond donors (Lipinski definition) is 3. The van der Waals surface area contributed by atoms with Crippen molar-refractivity contribution in [3.63, 3.8) is 0 Å². The zero-order chi connectivity index (χ0) is 28.9. The number of hydrogen-bond acceptors (Lipinski definition) is 3. The van der Waals surface area contributed by atoms with Crippen LogP contribution in [0.1, 0.15) is 119 Å². The van der Waals surface area contributed by atoms with Crippen molar-refractivity contribution in [3.05, 3.63) is 12.2 Å². The third-order valence-corrected chi connectivity index (χ3v) is 15.2. The minimum absolute atomic E-state index is 0.0168. The molecule has 0 aromatic rings. The first-order valence-electron chi connectivity index (χ1n) is 16.6. The van der Waals surface area contributed by atoms with Crippen molar-refractivity contribution < 1.29 is 14.7 Å². The van der Waals surface area contributed by atoms with Gasteiger partial charge in [0.25, 0.3) is 0 Å². The molecule has 11 atom stereocenters. The average molecular weight is 553 g/mol. The van der Waals surface area contributed by atoms with E-state index in [4.69, 9.17) is 0 Å². The lowest BCUT2D eigenvalue weighted by Gasteiger charge is -2.73. The number of carbonyl (C=O) groups excluding carboxylic acids is 1. The molecule has 0 aromatic carbocycles. The number of allylic oxidation sites excluding steroid dienone is 1. The molecule has 0 spiro atoms. The van der Waals surface area contributed by atoms with Crippen molar-refractivity contribution in [3.8, 4) is 0 Å². The first-order valence-corrected chi connectivity index (χ1v) is 16.6. The van der Waals surface area contributed by atoms with Crippen LogP contribution in [0.25, 0.3) is 0 Å². The molecule has 0 bridgehead atoms. The van der Waals surface area contributed by atoms with Crippen LogP contribution < -0.4 is 10.6 Å². The second kappa shape index (κ2) is 9.32. The molecule has 6 aliphatic rings. The molecule has 40 heavy (non-hydrogen) atoms. The Morgan fingerprint density at radius 1 is 0.850 bits per heavy atom. The van der Waals surface area contributed by atoms with Gasteiger partial charge >= 0.3 is 5.97 Å². The van der Waals surface area contributed by atoms with E-state index in [1.165, 1.54) is 31.3 Å². The van der Waals surface area contributed by atoms with Crippen LogP contribution in [-0.4, -0.2) is 35.6 Å². The fourth-order valence-electron chi connectivity index (χ4n) is 13.0. The van der Waals surface area contributed by atoms with E-state index in [0.29, 0.717) is 23.7 Å². The van der Waals surface area contributed by atoms with Gasteiger partial charge in [0.15, 0.2) is 0 Å². The van der Waals surface area contributed by atoms with E-state index in [2.05, 4.69) is 58.8 Å². The number of fused-ring (bicyclic) bond motifs is 7. The molecule has 1 heterocycles. The maximum absolute atomic E-state index is 13.1. The molecule has 0 radical (unpaired) electrons. The first-order chi connectivity index (χ1) is 18.7.